The summed E-state index contributed by atoms with van der Waals surface area (Å²) in [7, 11) is 0. The number of hydrogen-bond acceptors (Lipinski definition) is 2. The van der Waals surface area contributed by atoms with Crippen molar-refractivity contribution in [1.29, 1.82) is 0 Å². The molecule has 0 aliphatic heterocycles. The zero-order valence-corrected chi connectivity index (χ0v) is 12.1. The van der Waals surface area contributed by atoms with Crippen LogP contribution in [0.3, 0.4) is 0 Å². The van der Waals surface area contributed by atoms with E-state index in [-0.39, 0.29) is 0 Å². The van der Waals surface area contributed by atoms with E-state index in [0.717, 1.165) is 30.8 Å². The Balaban J connectivity index is 1.77. The summed E-state index contributed by atoms with van der Waals surface area (Å²) in [6.45, 7) is 4.69. The summed E-state index contributed by atoms with van der Waals surface area (Å²) in [6, 6.07) is 3.11. The average Bonchev–Trinajstić information content (AvgIpc) is 3.03. The second kappa shape index (κ2) is 6.77. The summed E-state index contributed by atoms with van der Waals surface area (Å²) >= 11 is 7.59. The lowest BCUT2D eigenvalue weighted by Gasteiger charge is -2.23. The van der Waals surface area contributed by atoms with Crippen molar-refractivity contribution in [2.24, 2.45) is 5.92 Å². The van der Waals surface area contributed by atoms with Crippen LogP contribution >= 0.6 is 22.9 Å². The van der Waals surface area contributed by atoms with Crippen molar-refractivity contribution >= 4 is 22.9 Å². The van der Waals surface area contributed by atoms with Gasteiger partial charge in [0.2, 0.25) is 0 Å². The Morgan fingerprint density at radius 3 is 2.88 bits per heavy atom. The van der Waals surface area contributed by atoms with E-state index < -0.39 is 0 Å². The summed E-state index contributed by atoms with van der Waals surface area (Å²) in [5.41, 5.74) is 1.48. The Labute approximate surface area is 114 Å². The molecule has 3 heteroatoms. The fourth-order valence-electron chi connectivity index (χ4n) is 2.16. The molecule has 1 aromatic heterocycles. The lowest BCUT2D eigenvalue weighted by molar-refractivity contribution is 0.236. The number of thiophene rings is 1. The van der Waals surface area contributed by atoms with Crippen molar-refractivity contribution in [1.82, 2.24) is 4.90 Å². The van der Waals surface area contributed by atoms with E-state index >= 15 is 0 Å². The van der Waals surface area contributed by atoms with Gasteiger partial charge in [-0.05, 0) is 60.5 Å². The number of nitrogens with zero attached hydrogens (tertiary/aromatic N) is 1. The first-order chi connectivity index (χ1) is 8.29. The zero-order valence-electron chi connectivity index (χ0n) is 10.6. The second-order valence-corrected chi connectivity index (χ2v) is 6.36. The molecule has 1 saturated carbocycles. The molecule has 1 unspecified atom stereocenters. The van der Waals surface area contributed by atoms with Gasteiger partial charge in [0.1, 0.15) is 0 Å². The lowest BCUT2D eigenvalue weighted by atomic mass is 10.0. The maximum Gasteiger partial charge on any atom is 0.0244 e. The summed E-state index contributed by atoms with van der Waals surface area (Å²) in [4.78, 5) is 2.66. The highest BCUT2D eigenvalue weighted by molar-refractivity contribution is 7.07. The maximum atomic E-state index is 5.79. The molecule has 0 saturated heterocycles. The van der Waals surface area contributed by atoms with Gasteiger partial charge < -0.3 is 0 Å². The first-order valence-electron chi connectivity index (χ1n) is 6.60. The third kappa shape index (κ3) is 4.61. The Bertz CT molecular complexity index is 308. The highest BCUT2D eigenvalue weighted by Crippen LogP contribution is 2.29. The topological polar surface area (TPSA) is 3.24 Å². The molecule has 1 atom stereocenters. The molecule has 1 fully saturated rings. The van der Waals surface area contributed by atoms with Crippen LogP contribution < -0.4 is 0 Å². The zero-order chi connectivity index (χ0) is 12.1. The molecule has 0 aromatic carbocycles. The van der Waals surface area contributed by atoms with Crippen LogP contribution in [0.5, 0.6) is 0 Å². The molecule has 1 heterocycles. The highest BCUT2D eigenvalue weighted by Gasteiger charge is 2.28. The second-order valence-electron chi connectivity index (χ2n) is 5.20. The molecule has 0 radical (unpaired) electrons. The number of halogens is 1. The van der Waals surface area contributed by atoms with E-state index in [1.165, 1.54) is 31.4 Å². The Kier molecular flexibility index (Phi) is 5.33. The van der Waals surface area contributed by atoms with Crippen LogP contribution in [0.2, 0.25) is 0 Å². The molecular weight excluding hydrogens is 250 g/mol. The van der Waals surface area contributed by atoms with Crippen LogP contribution in [0, 0.1) is 5.92 Å². The van der Waals surface area contributed by atoms with Crippen LogP contribution in [-0.4, -0.2) is 23.4 Å². The summed E-state index contributed by atoms with van der Waals surface area (Å²) in [5, 5.41) is 4.45. The van der Waals surface area contributed by atoms with Gasteiger partial charge in [-0.2, -0.15) is 11.3 Å². The van der Waals surface area contributed by atoms with Gasteiger partial charge in [0.05, 0.1) is 0 Å². The van der Waals surface area contributed by atoms with Crippen LogP contribution in [0.1, 0.15) is 38.2 Å². The largest absolute Gasteiger partial charge is 0.296 e. The van der Waals surface area contributed by atoms with Gasteiger partial charge in [0, 0.05) is 18.5 Å². The SMILES string of the molecule is CC(CCCl)CCN(Cc1ccsc1)C1CC1. The van der Waals surface area contributed by atoms with E-state index in [9.17, 15) is 0 Å². The van der Waals surface area contributed by atoms with Crippen molar-refractivity contribution in [3.63, 3.8) is 0 Å². The van der Waals surface area contributed by atoms with Crippen LogP contribution in [0.15, 0.2) is 16.8 Å². The minimum atomic E-state index is 0.760. The average molecular weight is 272 g/mol. The van der Waals surface area contributed by atoms with Crippen LogP contribution in [0.4, 0.5) is 0 Å². The van der Waals surface area contributed by atoms with E-state index in [2.05, 4.69) is 28.7 Å². The Hall–Kier alpha value is -0.0500. The number of hydrogen-bond donors (Lipinski definition) is 0. The van der Waals surface area contributed by atoms with E-state index in [1.807, 2.05) is 0 Å². The van der Waals surface area contributed by atoms with E-state index in [0.29, 0.717) is 0 Å². The first kappa shape index (κ1) is 13.4. The van der Waals surface area contributed by atoms with Gasteiger partial charge in [-0.1, -0.05) is 6.92 Å². The smallest absolute Gasteiger partial charge is 0.0244 e. The lowest BCUT2D eigenvalue weighted by Crippen LogP contribution is -2.27. The molecule has 1 aliphatic rings. The number of alkyl halides is 1. The monoisotopic (exact) mass is 271 g/mol. The molecule has 1 aliphatic carbocycles. The van der Waals surface area contributed by atoms with Crippen molar-refractivity contribution in [2.45, 2.75) is 45.2 Å². The molecule has 0 spiro atoms. The van der Waals surface area contributed by atoms with Crippen LogP contribution in [-0.2, 0) is 6.54 Å². The summed E-state index contributed by atoms with van der Waals surface area (Å²) in [6.07, 6.45) is 5.23. The molecule has 96 valence electrons. The van der Waals surface area contributed by atoms with Gasteiger partial charge in [0.15, 0.2) is 0 Å². The summed E-state index contributed by atoms with van der Waals surface area (Å²) < 4.78 is 0. The molecular formula is C14H22ClNS. The molecule has 0 bridgehead atoms. The molecule has 17 heavy (non-hydrogen) atoms. The molecule has 2 rings (SSSR count). The third-order valence-corrected chi connectivity index (χ3v) is 4.49. The fourth-order valence-corrected chi connectivity index (χ4v) is 3.20. The van der Waals surface area contributed by atoms with Gasteiger partial charge in [0.25, 0.3) is 0 Å². The van der Waals surface area contributed by atoms with Crippen molar-refractivity contribution in [2.75, 3.05) is 12.4 Å². The van der Waals surface area contributed by atoms with Crippen molar-refractivity contribution < 1.29 is 0 Å². The Morgan fingerprint density at radius 2 is 2.29 bits per heavy atom. The van der Waals surface area contributed by atoms with Crippen molar-refractivity contribution in [3.05, 3.63) is 22.4 Å². The predicted octanol–water partition coefficient (Wildman–Crippen LogP) is 4.37. The molecule has 0 N–H and O–H groups in total. The quantitative estimate of drug-likeness (QED) is 0.635. The van der Waals surface area contributed by atoms with Gasteiger partial charge in [-0.25, -0.2) is 0 Å². The van der Waals surface area contributed by atoms with Crippen LogP contribution in [0.25, 0.3) is 0 Å². The first-order valence-corrected chi connectivity index (χ1v) is 8.08. The normalized spacial score (nSPS) is 17.6. The van der Waals surface area contributed by atoms with Gasteiger partial charge >= 0.3 is 0 Å². The fraction of sp³-hybridized carbons (Fsp3) is 0.714. The minimum absolute atomic E-state index is 0.760. The third-order valence-electron chi connectivity index (χ3n) is 3.54. The van der Waals surface area contributed by atoms with E-state index in [4.69, 9.17) is 11.6 Å². The van der Waals surface area contributed by atoms with Gasteiger partial charge in [-0.3, -0.25) is 4.90 Å². The Morgan fingerprint density at radius 1 is 1.47 bits per heavy atom. The molecule has 1 aromatic rings. The predicted molar refractivity (Wildman–Crippen MR) is 76.9 cm³/mol. The van der Waals surface area contributed by atoms with Crippen molar-refractivity contribution in [3.8, 4) is 0 Å². The molecule has 1 nitrogen and oxygen atoms in total. The number of rotatable bonds is 8. The highest BCUT2D eigenvalue weighted by atomic mass is 35.5. The standard InChI is InChI=1S/C14H22ClNS/c1-12(4-7-15)5-8-16(14-2-3-14)10-13-6-9-17-11-13/h6,9,11-12,14H,2-5,7-8,10H2,1H3. The molecule has 0 amide bonds. The summed E-state index contributed by atoms with van der Waals surface area (Å²) in [5.74, 6) is 1.56. The van der Waals surface area contributed by atoms with Gasteiger partial charge in [-0.15, -0.1) is 11.6 Å². The minimum Gasteiger partial charge on any atom is -0.296 e. The van der Waals surface area contributed by atoms with E-state index in [1.54, 1.807) is 11.3 Å². The maximum absolute atomic E-state index is 5.79.